The molecule has 0 saturated heterocycles. The van der Waals surface area contributed by atoms with Crippen LogP contribution < -0.4 is 0 Å². The molecular weight excluding hydrogens is 288 g/mol. The van der Waals surface area contributed by atoms with E-state index in [1.54, 1.807) is 0 Å². The summed E-state index contributed by atoms with van der Waals surface area (Å²) in [6.07, 6.45) is 0. The molecule has 1 aliphatic rings. The lowest BCUT2D eigenvalue weighted by Gasteiger charge is -2.32. The van der Waals surface area contributed by atoms with Crippen molar-refractivity contribution in [1.29, 1.82) is 0 Å². The van der Waals surface area contributed by atoms with Crippen molar-refractivity contribution in [3.05, 3.63) is 11.4 Å². The van der Waals surface area contributed by atoms with Gasteiger partial charge in [-0.25, -0.2) is 0 Å². The predicted molar refractivity (Wildman–Crippen MR) is 84.0 cm³/mol. The maximum Gasteiger partial charge on any atom is 0.0978 e. The minimum atomic E-state index is 0.451. The molecule has 1 aliphatic carbocycles. The average molecular weight is 317 g/mol. The fourth-order valence-corrected chi connectivity index (χ4v) is 3.82. The van der Waals surface area contributed by atoms with Gasteiger partial charge in [0.2, 0.25) is 0 Å². The third-order valence-corrected chi connectivity index (χ3v) is 4.31. The van der Waals surface area contributed by atoms with E-state index in [0.29, 0.717) is 29.0 Å². The number of rotatable bonds is 6. The summed E-state index contributed by atoms with van der Waals surface area (Å²) in [6.45, 7) is 18.2. The second-order valence-electron chi connectivity index (χ2n) is 6.32. The number of hydrogen-bond acceptors (Lipinski definition) is 2. The first-order valence-corrected chi connectivity index (χ1v) is 8.06. The maximum absolute atomic E-state index is 3.83. The Labute approximate surface area is 122 Å². The van der Waals surface area contributed by atoms with Gasteiger partial charge in [-0.3, -0.25) is 0 Å². The zero-order valence-corrected chi connectivity index (χ0v) is 14.7. The molecule has 106 valence electrons. The predicted octanol–water partition coefficient (Wildman–Crippen LogP) is 4.21. The van der Waals surface area contributed by atoms with E-state index in [0.717, 1.165) is 0 Å². The van der Waals surface area contributed by atoms with Crippen molar-refractivity contribution in [2.24, 2.45) is 0 Å². The van der Waals surface area contributed by atoms with Crippen LogP contribution in [0.5, 0.6) is 0 Å². The quantitative estimate of drug-likeness (QED) is 0.677. The fourth-order valence-electron chi connectivity index (χ4n) is 3.01. The lowest BCUT2D eigenvalue weighted by atomic mass is 10.2. The largest absolute Gasteiger partial charge is 0.367 e. The van der Waals surface area contributed by atoms with Crippen molar-refractivity contribution in [1.82, 2.24) is 9.80 Å². The molecule has 1 rings (SSSR count). The first-order valence-electron chi connectivity index (χ1n) is 7.14. The first-order chi connectivity index (χ1) is 8.20. The average Bonchev–Trinajstić information content (AvgIpc) is 2.76. The zero-order valence-electron chi connectivity index (χ0n) is 13.2. The molecule has 0 bridgehead atoms. The van der Waals surface area contributed by atoms with Crippen molar-refractivity contribution in [2.45, 2.75) is 84.4 Å². The van der Waals surface area contributed by atoms with Crippen LogP contribution in [0.15, 0.2) is 11.4 Å². The monoisotopic (exact) mass is 316 g/mol. The summed E-state index contributed by atoms with van der Waals surface area (Å²) in [5, 5.41) is 0. The Morgan fingerprint density at radius 3 is 1.06 bits per heavy atom. The molecular formula is C15H29BrN2. The molecule has 0 aromatic rings. The maximum atomic E-state index is 3.83. The Kier molecular flexibility index (Phi) is 5.16. The second kappa shape index (κ2) is 5.85. The van der Waals surface area contributed by atoms with Crippen molar-refractivity contribution >= 4 is 15.9 Å². The van der Waals surface area contributed by atoms with E-state index in [1.165, 1.54) is 11.4 Å². The van der Waals surface area contributed by atoms with Crippen LogP contribution in [0, 0.1) is 0 Å². The van der Waals surface area contributed by atoms with Gasteiger partial charge in [0, 0.05) is 24.2 Å². The van der Waals surface area contributed by atoms with Crippen LogP contribution in [-0.2, 0) is 0 Å². The lowest BCUT2D eigenvalue weighted by molar-refractivity contribution is 0.225. The third-order valence-electron chi connectivity index (χ3n) is 3.44. The third kappa shape index (κ3) is 3.04. The highest BCUT2D eigenvalue weighted by Crippen LogP contribution is 2.46. The van der Waals surface area contributed by atoms with Gasteiger partial charge in [-0.2, -0.15) is 0 Å². The molecule has 0 heterocycles. The molecule has 0 radical (unpaired) electrons. The van der Waals surface area contributed by atoms with Crippen LogP contribution >= 0.6 is 15.9 Å². The number of nitrogens with zero attached hydrogens (tertiary/aromatic N) is 2. The van der Waals surface area contributed by atoms with Crippen LogP contribution in [0.25, 0.3) is 0 Å². The molecule has 0 atom stereocenters. The molecule has 0 aromatic heterocycles. The number of halogens is 1. The van der Waals surface area contributed by atoms with Gasteiger partial charge in [-0.15, -0.1) is 0 Å². The summed E-state index contributed by atoms with van der Waals surface area (Å²) in [5.41, 5.74) is 2.98. The summed E-state index contributed by atoms with van der Waals surface area (Å²) in [5.74, 6) is 0. The molecule has 0 N–H and O–H groups in total. The Hall–Kier alpha value is -0.180. The van der Waals surface area contributed by atoms with Gasteiger partial charge in [0.05, 0.1) is 16.2 Å². The standard InChI is InChI=1S/C15H29BrN2/c1-9(2)17(10(3)4)14-13(16)15(14)18(11(5)6)12(7)8/h9-13H,1-8H3. The molecule has 2 nitrogen and oxygen atoms in total. The smallest absolute Gasteiger partial charge is 0.0978 e. The lowest BCUT2D eigenvalue weighted by Crippen LogP contribution is -2.35. The fraction of sp³-hybridized carbons (Fsp3) is 0.867. The highest BCUT2D eigenvalue weighted by atomic mass is 79.9. The highest BCUT2D eigenvalue weighted by molar-refractivity contribution is 9.10. The van der Waals surface area contributed by atoms with Gasteiger partial charge in [0.15, 0.2) is 0 Å². The Morgan fingerprint density at radius 2 is 0.889 bits per heavy atom. The highest BCUT2D eigenvalue weighted by Gasteiger charge is 2.44. The van der Waals surface area contributed by atoms with E-state index in [-0.39, 0.29) is 0 Å². The summed E-state index contributed by atoms with van der Waals surface area (Å²) >= 11 is 3.83. The molecule has 0 aromatic carbocycles. The SMILES string of the molecule is CC(C)N(C1=C(N(C(C)C)C(C)C)C1Br)C(C)C. The van der Waals surface area contributed by atoms with Crippen molar-refractivity contribution in [2.75, 3.05) is 0 Å². The Morgan fingerprint density at radius 1 is 0.667 bits per heavy atom. The van der Waals surface area contributed by atoms with Gasteiger partial charge in [-0.05, 0) is 55.4 Å². The molecule has 0 unspecified atom stereocenters. The van der Waals surface area contributed by atoms with Gasteiger partial charge in [0.25, 0.3) is 0 Å². The van der Waals surface area contributed by atoms with E-state index < -0.39 is 0 Å². The molecule has 0 spiro atoms. The van der Waals surface area contributed by atoms with Gasteiger partial charge in [-0.1, -0.05) is 15.9 Å². The number of alkyl halides is 1. The van der Waals surface area contributed by atoms with E-state index in [4.69, 9.17) is 0 Å². The van der Waals surface area contributed by atoms with E-state index in [2.05, 4.69) is 81.1 Å². The van der Waals surface area contributed by atoms with E-state index >= 15 is 0 Å². The van der Waals surface area contributed by atoms with Crippen LogP contribution in [0.4, 0.5) is 0 Å². The summed E-state index contributed by atoms with van der Waals surface area (Å²) < 4.78 is 0. The summed E-state index contributed by atoms with van der Waals surface area (Å²) in [4.78, 5) is 5.52. The van der Waals surface area contributed by atoms with Crippen molar-refractivity contribution in [3.8, 4) is 0 Å². The Balaban J connectivity index is 3.01. The first kappa shape index (κ1) is 15.9. The molecule has 0 aliphatic heterocycles. The molecule has 0 saturated carbocycles. The van der Waals surface area contributed by atoms with Gasteiger partial charge in [0.1, 0.15) is 0 Å². The van der Waals surface area contributed by atoms with Gasteiger partial charge >= 0.3 is 0 Å². The van der Waals surface area contributed by atoms with Crippen molar-refractivity contribution in [3.63, 3.8) is 0 Å². The minimum absolute atomic E-state index is 0.451. The van der Waals surface area contributed by atoms with Crippen LogP contribution in [-0.4, -0.2) is 38.8 Å². The van der Waals surface area contributed by atoms with E-state index in [1.807, 2.05) is 0 Å². The topological polar surface area (TPSA) is 6.48 Å². The zero-order chi connectivity index (χ0) is 14.2. The molecule has 3 heteroatoms. The normalized spacial score (nSPS) is 16.5. The summed E-state index contributed by atoms with van der Waals surface area (Å²) in [6, 6.07) is 2.22. The van der Waals surface area contributed by atoms with Crippen LogP contribution in [0.2, 0.25) is 0 Å². The van der Waals surface area contributed by atoms with E-state index in [9.17, 15) is 0 Å². The van der Waals surface area contributed by atoms with Crippen molar-refractivity contribution < 1.29 is 0 Å². The Bertz CT molecular complexity index is 272. The molecule has 18 heavy (non-hydrogen) atoms. The van der Waals surface area contributed by atoms with Gasteiger partial charge < -0.3 is 9.80 Å². The molecule has 0 amide bonds. The van der Waals surface area contributed by atoms with Crippen LogP contribution in [0.1, 0.15) is 55.4 Å². The number of allylic oxidation sites excluding steroid dienone is 2. The minimum Gasteiger partial charge on any atom is -0.367 e. The number of hydrogen-bond donors (Lipinski definition) is 0. The molecule has 0 fully saturated rings. The van der Waals surface area contributed by atoms with Crippen LogP contribution in [0.3, 0.4) is 0 Å². The second-order valence-corrected chi connectivity index (χ2v) is 7.24. The summed E-state index contributed by atoms with van der Waals surface area (Å²) in [7, 11) is 0.